The Balaban J connectivity index is 1.36. The Kier molecular flexibility index (Phi) is 5.13. The van der Waals surface area contributed by atoms with Gasteiger partial charge in [0.15, 0.2) is 0 Å². The van der Waals surface area contributed by atoms with E-state index in [9.17, 15) is 18.3 Å². The molecule has 1 aliphatic carbocycles. The van der Waals surface area contributed by atoms with Crippen molar-refractivity contribution in [3.8, 4) is 5.69 Å². The van der Waals surface area contributed by atoms with Crippen LogP contribution in [0, 0.1) is 12.8 Å². The first kappa shape index (κ1) is 20.9. The van der Waals surface area contributed by atoms with Crippen molar-refractivity contribution in [1.29, 1.82) is 0 Å². The van der Waals surface area contributed by atoms with Crippen LogP contribution in [-0.4, -0.2) is 48.6 Å². The van der Waals surface area contributed by atoms with E-state index in [1.165, 1.54) is 10.9 Å². The number of anilines is 1. The number of para-hydroxylation sites is 1. The highest BCUT2D eigenvalue weighted by molar-refractivity contribution is 5.47. The molecule has 0 radical (unpaired) electrons. The number of aryl methyl sites for hydroxylation is 1. The molecule has 1 saturated heterocycles. The standard InChI is InChI=1S/C22H23F3N6O/c1-13-3-2-4-16(20(13)31-27-7-8-28-31)21(32)30-12-14-9-17(18(30)10-14)29-19-6-5-15(11-26-19)22(23,24)25/h2-8,11,14,17-18,21,32H,9-10,12H2,1H3,(H,26,29). The molecule has 2 fully saturated rings. The molecule has 0 amide bonds. The van der Waals surface area contributed by atoms with E-state index in [1.54, 1.807) is 12.4 Å². The third-order valence-corrected chi connectivity index (χ3v) is 6.43. The number of aliphatic hydroxyl groups is 1. The SMILES string of the molecule is Cc1cccc(C(O)N2CC3CC(Nc4ccc(C(F)(F)F)cn4)C2C3)c1-n1nccn1. The Morgan fingerprint density at radius 2 is 1.91 bits per heavy atom. The van der Waals surface area contributed by atoms with Crippen molar-refractivity contribution in [3.63, 3.8) is 0 Å². The zero-order valence-electron chi connectivity index (χ0n) is 17.4. The first-order chi connectivity index (χ1) is 15.3. The second-order valence-electron chi connectivity index (χ2n) is 8.49. The Morgan fingerprint density at radius 1 is 1.12 bits per heavy atom. The molecule has 2 bridgehead atoms. The van der Waals surface area contributed by atoms with Gasteiger partial charge in [-0.1, -0.05) is 18.2 Å². The van der Waals surface area contributed by atoms with Gasteiger partial charge in [0, 0.05) is 30.4 Å². The summed E-state index contributed by atoms with van der Waals surface area (Å²) in [7, 11) is 0. The number of nitrogens with zero attached hydrogens (tertiary/aromatic N) is 5. The van der Waals surface area contributed by atoms with E-state index in [-0.39, 0.29) is 12.1 Å². The Bertz CT molecular complexity index is 1090. The lowest BCUT2D eigenvalue weighted by Gasteiger charge is -2.37. The third kappa shape index (κ3) is 3.73. The number of rotatable bonds is 5. The molecule has 3 heterocycles. The van der Waals surface area contributed by atoms with Crippen molar-refractivity contribution in [1.82, 2.24) is 24.9 Å². The summed E-state index contributed by atoms with van der Waals surface area (Å²) in [6.07, 6.45) is 0.575. The zero-order chi connectivity index (χ0) is 22.5. The number of nitrogens with one attached hydrogen (secondary N) is 1. The van der Waals surface area contributed by atoms with E-state index in [0.717, 1.165) is 48.5 Å². The quantitative estimate of drug-likeness (QED) is 0.627. The van der Waals surface area contributed by atoms with Gasteiger partial charge in [-0.3, -0.25) is 4.90 Å². The van der Waals surface area contributed by atoms with Crippen LogP contribution in [-0.2, 0) is 6.18 Å². The maximum atomic E-state index is 12.8. The summed E-state index contributed by atoms with van der Waals surface area (Å²) in [4.78, 5) is 7.52. The third-order valence-electron chi connectivity index (χ3n) is 6.43. The topological polar surface area (TPSA) is 79.1 Å². The minimum Gasteiger partial charge on any atom is -0.374 e. The number of benzene rings is 1. The van der Waals surface area contributed by atoms with E-state index in [4.69, 9.17) is 0 Å². The molecule has 2 aliphatic rings. The number of likely N-dealkylation sites (tertiary alicyclic amines) is 1. The molecule has 1 aromatic carbocycles. The molecule has 168 valence electrons. The van der Waals surface area contributed by atoms with Gasteiger partial charge in [0.25, 0.3) is 0 Å². The molecule has 7 nitrogen and oxygen atoms in total. The first-order valence-electron chi connectivity index (χ1n) is 10.5. The smallest absolute Gasteiger partial charge is 0.374 e. The number of piperidine rings is 1. The summed E-state index contributed by atoms with van der Waals surface area (Å²) < 4.78 is 38.4. The largest absolute Gasteiger partial charge is 0.417 e. The average Bonchev–Trinajstić information content (AvgIpc) is 3.50. The van der Waals surface area contributed by atoms with Crippen LogP contribution in [0.4, 0.5) is 19.0 Å². The highest BCUT2D eigenvalue weighted by Crippen LogP contribution is 2.43. The summed E-state index contributed by atoms with van der Waals surface area (Å²) in [5, 5.41) is 23.1. The van der Waals surface area contributed by atoms with Crippen LogP contribution in [0.5, 0.6) is 0 Å². The van der Waals surface area contributed by atoms with Gasteiger partial charge >= 0.3 is 6.18 Å². The van der Waals surface area contributed by atoms with Crippen molar-refractivity contribution >= 4 is 5.82 Å². The van der Waals surface area contributed by atoms with Crippen LogP contribution in [0.1, 0.15) is 35.8 Å². The number of aromatic nitrogens is 4. The van der Waals surface area contributed by atoms with Gasteiger partial charge in [0.2, 0.25) is 0 Å². The van der Waals surface area contributed by atoms with Crippen molar-refractivity contribution in [2.45, 2.75) is 44.3 Å². The van der Waals surface area contributed by atoms with Crippen molar-refractivity contribution in [2.24, 2.45) is 5.92 Å². The van der Waals surface area contributed by atoms with Crippen molar-refractivity contribution in [2.75, 3.05) is 11.9 Å². The molecule has 32 heavy (non-hydrogen) atoms. The van der Waals surface area contributed by atoms with Crippen LogP contribution in [0.25, 0.3) is 5.69 Å². The molecule has 1 aliphatic heterocycles. The minimum absolute atomic E-state index is 0.0104. The summed E-state index contributed by atoms with van der Waals surface area (Å²) in [5.41, 5.74) is 1.65. The summed E-state index contributed by atoms with van der Waals surface area (Å²) in [6.45, 7) is 2.70. The average molecular weight is 444 g/mol. The predicted molar refractivity (Wildman–Crippen MR) is 111 cm³/mol. The summed E-state index contributed by atoms with van der Waals surface area (Å²) in [5.74, 6) is 0.805. The normalized spacial score (nSPS) is 24.1. The van der Waals surface area contributed by atoms with Crippen LogP contribution < -0.4 is 5.32 Å². The highest BCUT2D eigenvalue weighted by atomic mass is 19.4. The molecule has 1 saturated carbocycles. The van der Waals surface area contributed by atoms with Crippen LogP contribution in [0.2, 0.25) is 0 Å². The van der Waals surface area contributed by atoms with Crippen LogP contribution in [0.3, 0.4) is 0 Å². The molecule has 4 unspecified atom stereocenters. The maximum absolute atomic E-state index is 12.8. The van der Waals surface area contributed by atoms with E-state index in [2.05, 4.69) is 25.4 Å². The Morgan fingerprint density at radius 3 is 2.56 bits per heavy atom. The minimum atomic E-state index is -4.41. The number of halogens is 3. The summed E-state index contributed by atoms with van der Waals surface area (Å²) >= 11 is 0. The molecule has 5 rings (SSSR count). The van der Waals surface area contributed by atoms with Gasteiger partial charge in [-0.15, -0.1) is 0 Å². The molecule has 0 spiro atoms. The number of hydrogen-bond acceptors (Lipinski definition) is 6. The molecule has 2 aromatic heterocycles. The molecular formula is C22H23F3N6O. The molecular weight excluding hydrogens is 421 g/mol. The molecule has 4 atom stereocenters. The summed E-state index contributed by atoms with van der Waals surface area (Å²) in [6, 6.07) is 8.15. The fraction of sp³-hybridized carbons (Fsp3) is 0.409. The fourth-order valence-electron chi connectivity index (χ4n) is 5.01. The van der Waals surface area contributed by atoms with Crippen molar-refractivity contribution in [3.05, 3.63) is 65.6 Å². The molecule has 2 N–H and O–H groups in total. The van der Waals surface area contributed by atoms with Gasteiger partial charge in [-0.05, 0) is 43.4 Å². The van der Waals surface area contributed by atoms with E-state index in [1.807, 2.05) is 25.1 Å². The van der Waals surface area contributed by atoms with Gasteiger partial charge in [0.1, 0.15) is 12.0 Å². The lowest BCUT2D eigenvalue weighted by molar-refractivity contribution is -0.137. The fourth-order valence-corrected chi connectivity index (χ4v) is 5.01. The Labute approximate surface area is 182 Å². The van der Waals surface area contributed by atoms with Gasteiger partial charge in [-0.2, -0.15) is 28.2 Å². The van der Waals surface area contributed by atoms with Crippen LogP contribution >= 0.6 is 0 Å². The monoisotopic (exact) mass is 444 g/mol. The Hall–Kier alpha value is -2.98. The number of hydrogen-bond donors (Lipinski definition) is 2. The van der Waals surface area contributed by atoms with E-state index in [0.29, 0.717) is 11.7 Å². The van der Waals surface area contributed by atoms with Gasteiger partial charge in [-0.25, -0.2) is 4.98 Å². The maximum Gasteiger partial charge on any atom is 0.417 e. The lowest BCUT2D eigenvalue weighted by atomic mass is 10.0. The number of pyridine rings is 1. The predicted octanol–water partition coefficient (Wildman–Crippen LogP) is 3.56. The second-order valence-corrected chi connectivity index (χ2v) is 8.49. The highest BCUT2D eigenvalue weighted by Gasteiger charge is 2.47. The van der Waals surface area contributed by atoms with Gasteiger partial charge < -0.3 is 10.4 Å². The second kappa shape index (κ2) is 7.86. The number of alkyl halides is 3. The zero-order valence-corrected chi connectivity index (χ0v) is 17.4. The van der Waals surface area contributed by atoms with Crippen molar-refractivity contribution < 1.29 is 18.3 Å². The lowest BCUT2D eigenvalue weighted by Crippen LogP contribution is -2.46. The molecule has 10 heteroatoms. The van der Waals surface area contributed by atoms with E-state index >= 15 is 0 Å². The van der Waals surface area contributed by atoms with Gasteiger partial charge in [0.05, 0.1) is 23.6 Å². The molecule has 3 aromatic rings. The number of fused-ring (bicyclic) bond motifs is 2. The van der Waals surface area contributed by atoms with E-state index < -0.39 is 18.0 Å². The number of aliphatic hydroxyl groups excluding tert-OH is 1. The first-order valence-corrected chi connectivity index (χ1v) is 10.5. The van der Waals surface area contributed by atoms with Crippen LogP contribution in [0.15, 0.2) is 48.9 Å².